The Hall–Kier alpha value is -0.801. The Balaban J connectivity index is -0.00000000500. The zero-order valence-corrected chi connectivity index (χ0v) is 6.92. The van der Waals surface area contributed by atoms with Crippen LogP contribution in [0.4, 0.5) is 0 Å². The van der Waals surface area contributed by atoms with E-state index >= 15 is 0 Å². The van der Waals surface area contributed by atoms with Crippen LogP contribution >= 0.6 is 0 Å². The third kappa shape index (κ3) is 432. The van der Waals surface area contributed by atoms with Gasteiger partial charge < -0.3 is 26.6 Å². The van der Waals surface area contributed by atoms with Crippen molar-refractivity contribution in [3.05, 3.63) is 7.43 Å². The molecule has 0 aromatic rings. The van der Waals surface area contributed by atoms with Gasteiger partial charge in [0.05, 0.1) is 0 Å². The number of rotatable bonds is 0. The van der Waals surface area contributed by atoms with Crippen LogP contribution in [0.5, 0.6) is 0 Å². The fraction of sp³-hybridized carbons (Fsp3) is 0. The van der Waals surface area contributed by atoms with Crippen molar-refractivity contribution in [1.82, 2.24) is 0 Å². The largest absolute Gasteiger partial charge is 0.358 e. The topological polar surface area (TPSA) is 68.3 Å². The van der Waals surface area contributed by atoms with Crippen molar-refractivity contribution in [3.8, 4) is 0 Å². The quantitative estimate of drug-likeness (QED) is 0.389. The summed E-state index contributed by atoms with van der Waals surface area (Å²) in [6.07, 6.45) is 0. The third-order valence-corrected chi connectivity index (χ3v) is 0. The van der Waals surface area contributed by atoms with Crippen LogP contribution in [0.15, 0.2) is 0 Å². The second-order valence-corrected chi connectivity index (χ2v) is 0. The maximum atomic E-state index is 8.00. The summed E-state index contributed by atoms with van der Waals surface area (Å²) in [5.74, 6) is 0. The van der Waals surface area contributed by atoms with Gasteiger partial charge in [-0.05, 0) is 0 Å². The van der Waals surface area contributed by atoms with E-state index in [1.807, 2.05) is 27.2 Å². The molecule has 0 aliphatic rings. The molecule has 0 fully saturated rings. The average molecular weight is 191 g/mol. The number of carbonyl (C=O) groups excluding carboxylic acids is 4. The molecule has 0 saturated carbocycles. The van der Waals surface area contributed by atoms with Gasteiger partial charge in [0.2, 0.25) is 0 Å². The van der Waals surface area contributed by atoms with E-state index in [4.69, 9.17) is 19.2 Å². The Bertz CT molecular complexity index is 21.6. The number of hydrogen-bond acceptors (Lipinski definition) is 4. The molecule has 0 amide bonds. The van der Waals surface area contributed by atoms with Gasteiger partial charge in [0, 0.05) is 17.1 Å². The van der Waals surface area contributed by atoms with Crippen LogP contribution in [-0.4, -0.2) is 27.2 Å². The predicted molar refractivity (Wildman–Crippen MR) is 34.9 cm³/mol. The van der Waals surface area contributed by atoms with Crippen molar-refractivity contribution in [3.63, 3.8) is 0 Å². The molecule has 4 nitrogen and oxygen atoms in total. The zero-order valence-electron chi connectivity index (χ0n) is 5.81. The molecule has 0 aromatic carbocycles. The number of hydrogen-bond donors (Lipinski definition) is 0. The van der Waals surface area contributed by atoms with E-state index in [0.717, 1.165) is 0 Å². The molecule has 64 valence electrons. The van der Waals surface area contributed by atoms with Crippen LogP contribution in [0.25, 0.3) is 0 Å². The Morgan fingerprint density at radius 1 is 0.500 bits per heavy atom. The Morgan fingerprint density at radius 3 is 0.500 bits per heavy atom. The first-order valence-electron chi connectivity index (χ1n) is 1.15. The van der Waals surface area contributed by atoms with Gasteiger partial charge in [-0.3, -0.25) is 0 Å². The van der Waals surface area contributed by atoms with Gasteiger partial charge >= 0.3 is 0 Å². The summed E-state index contributed by atoms with van der Waals surface area (Å²) in [7, 11) is 0. The molecule has 10 heavy (non-hydrogen) atoms. The SMILES string of the molecule is C=O.C=O.C=O.C=O.[CH3-].[Fe]. The van der Waals surface area contributed by atoms with Gasteiger partial charge in [0.15, 0.2) is 0 Å². The molecule has 0 spiro atoms. The van der Waals surface area contributed by atoms with Gasteiger partial charge in [0.25, 0.3) is 0 Å². The summed E-state index contributed by atoms with van der Waals surface area (Å²) in [5, 5.41) is 0. The summed E-state index contributed by atoms with van der Waals surface area (Å²) in [5.41, 5.74) is 0. The molecule has 0 unspecified atom stereocenters. The molecule has 5 heteroatoms. The number of carbonyl (C=O) groups is 4. The molecule has 0 rings (SSSR count). The van der Waals surface area contributed by atoms with Gasteiger partial charge in [-0.15, -0.1) is 0 Å². The standard InChI is InChI=1S/4CH2O.CH3.Fe/c4*1-2;;/h4*1H2;1H3;/q;;;;-1;. The second kappa shape index (κ2) is 663. The van der Waals surface area contributed by atoms with Crippen LogP contribution in [0.3, 0.4) is 0 Å². The minimum atomic E-state index is 0. The first kappa shape index (κ1) is 60.4. The molecule has 0 aromatic heterocycles. The van der Waals surface area contributed by atoms with E-state index < -0.39 is 0 Å². The van der Waals surface area contributed by atoms with Crippen molar-refractivity contribution >= 4 is 27.2 Å². The summed E-state index contributed by atoms with van der Waals surface area (Å²) in [6, 6.07) is 0. The van der Waals surface area contributed by atoms with Crippen LogP contribution in [-0.2, 0) is 36.2 Å². The van der Waals surface area contributed by atoms with Gasteiger partial charge in [-0.1, -0.05) is 0 Å². The molecule has 0 heterocycles. The Kier molecular flexibility index (Phi) is 4010. The maximum absolute atomic E-state index is 8.00. The summed E-state index contributed by atoms with van der Waals surface area (Å²) in [6.45, 7) is 8.00. The zero-order chi connectivity index (χ0) is 8.00. The van der Waals surface area contributed by atoms with Gasteiger partial charge in [0.1, 0.15) is 27.2 Å². The molecule has 0 aliphatic carbocycles. The smallest absolute Gasteiger partial charge is 0.106 e. The van der Waals surface area contributed by atoms with Crippen molar-refractivity contribution in [2.75, 3.05) is 0 Å². The maximum Gasteiger partial charge on any atom is 0.106 e. The van der Waals surface area contributed by atoms with Crippen LogP contribution in [0.1, 0.15) is 0 Å². The fourth-order valence-corrected chi connectivity index (χ4v) is 0. The van der Waals surface area contributed by atoms with Crippen molar-refractivity contribution in [1.29, 1.82) is 0 Å². The van der Waals surface area contributed by atoms with Crippen molar-refractivity contribution in [2.45, 2.75) is 0 Å². The summed E-state index contributed by atoms with van der Waals surface area (Å²) >= 11 is 0. The first-order chi connectivity index (χ1) is 4.00. The fourth-order valence-electron chi connectivity index (χ4n) is 0. The van der Waals surface area contributed by atoms with Crippen LogP contribution < -0.4 is 0 Å². The molecule has 0 saturated heterocycles. The minimum absolute atomic E-state index is 0. The summed E-state index contributed by atoms with van der Waals surface area (Å²) < 4.78 is 0. The monoisotopic (exact) mass is 191 g/mol. The Morgan fingerprint density at radius 2 is 0.500 bits per heavy atom. The van der Waals surface area contributed by atoms with Crippen molar-refractivity contribution < 1.29 is 36.2 Å². The second-order valence-electron chi connectivity index (χ2n) is 0. The van der Waals surface area contributed by atoms with E-state index in [1.165, 1.54) is 0 Å². The molecule has 0 radical (unpaired) electrons. The van der Waals surface area contributed by atoms with Crippen LogP contribution in [0, 0.1) is 7.43 Å². The van der Waals surface area contributed by atoms with E-state index in [0.29, 0.717) is 0 Å². The molecule has 0 bridgehead atoms. The van der Waals surface area contributed by atoms with E-state index in [1.54, 1.807) is 0 Å². The van der Waals surface area contributed by atoms with E-state index in [2.05, 4.69) is 0 Å². The normalized spacial score (nSPS) is 1.60. The first-order valence-corrected chi connectivity index (χ1v) is 1.15. The average Bonchev–Trinajstić information content (AvgIpc) is 2.03. The van der Waals surface area contributed by atoms with Crippen molar-refractivity contribution in [2.24, 2.45) is 0 Å². The van der Waals surface area contributed by atoms with Crippen LogP contribution in [0.2, 0.25) is 0 Å². The molecule has 0 atom stereocenters. The molecule has 0 aliphatic heterocycles. The Labute approximate surface area is 71.5 Å². The third-order valence-electron chi connectivity index (χ3n) is 0. The minimum Gasteiger partial charge on any atom is -0.358 e. The van der Waals surface area contributed by atoms with E-state index in [-0.39, 0.29) is 24.5 Å². The van der Waals surface area contributed by atoms with Gasteiger partial charge in [-0.25, -0.2) is 0 Å². The predicted octanol–water partition coefficient (Wildman–Crippen LogP) is -0.292. The molecular formula is C5H11FeO4-. The molecular weight excluding hydrogens is 180 g/mol. The van der Waals surface area contributed by atoms with E-state index in [9.17, 15) is 0 Å². The summed E-state index contributed by atoms with van der Waals surface area (Å²) in [4.78, 5) is 32.0. The van der Waals surface area contributed by atoms with Gasteiger partial charge in [-0.2, -0.15) is 0 Å². The molecule has 0 N–H and O–H groups in total.